The molecule has 0 aliphatic carbocycles. The summed E-state index contributed by atoms with van der Waals surface area (Å²) in [6.45, 7) is 0. The molecule has 0 amide bonds. The number of methoxy groups -OCH3 is 1. The average molecular weight is 436 g/mol. The molecule has 29 heavy (non-hydrogen) atoms. The van der Waals surface area contributed by atoms with Crippen molar-refractivity contribution in [1.29, 1.82) is 0 Å². The van der Waals surface area contributed by atoms with Crippen LogP contribution < -0.4 is 14.2 Å². The molecule has 0 atom stereocenters. The Bertz CT molecular complexity index is 1210. The molecule has 0 saturated carbocycles. The van der Waals surface area contributed by atoms with E-state index < -0.39 is 25.9 Å². The van der Waals surface area contributed by atoms with Gasteiger partial charge in [0.2, 0.25) is 0 Å². The van der Waals surface area contributed by atoms with Crippen molar-refractivity contribution in [2.75, 3.05) is 16.6 Å². The fraction of sp³-hybridized carbons (Fsp3) is 0.0526. The molecule has 0 unspecified atom stereocenters. The summed E-state index contributed by atoms with van der Waals surface area (Å²) in [5, 5.41) is 0. The summed E-state index contributed by atoms with van der Waals surface area (Å²) in [5.74, 6) is -0.0759. The van der Waals surface area contributed by atoms with E-state index in [0.717, 1.165) is 24.3 Å². The predicted octanol–water partition coefficient (Wildman–Crippen LogP) is 3.44. The molecule has 0 radical (unpaired) electrons. The van der Waals surface area contributed by atoms with Gasteiger partial charge in [-0.3, -0.25) is 9.44 Å². The van der Waals surface area contributed by atoms with E-state index in [4.69, 9.17) is 4.74 Å². The van der Waals surface area contributed by atoms with Gasteiger partial charge in [0.15, 0.2) is 0 Å². The Kier molecular flexibility index (Phi) is 5.76. The van der Waals surface area contributed by atoms with E-state index in [1.54, 1.807) is 12.1 Å². The van der Waals surface area contributed by atoms with Crippen molar-refractivity contribution in [3.63, 3.8) is 0 Å². The number of benzene rings is 3. The normalized spacial score (nSPS) is 11.7. The number of hydrogen-bond donors (Lipinski definition) is 2. The first kappa shape index (κ1) is 20.6. The summed E-state index contributed by atoms with van der Waals surface area (Å²) in [4.78, 5) is -0.179. The SMILES string of the molecule is COc1ccc(S(=O)(=O)Nc2ccccc2NS(=O)(=O)c2ccc(F)cc2)cc1. The highest BCUT2D eigenvalue weighted by Gasteiger charge is 2.20. The van der Waals surface area contributed by atoms with Crippen LogP contribution in [0.3, 0.4) is 0 Å². The minimum Gasteiger partial charge on any atom is -0.497 e. The Labute approximate surface area is 168 Å². The summed E-state index contributed by atoms with van der Waals surface area (Å²) in [6, 6.07) is 15.9. The Morgan fingerprint density at radius 3 is 1.52 bits per heavy atom. The van der Waals surface area contributed by atoms with Crippen LogP contribution in [0.5, 0.6) is 5.75 Å². The second-order valence-electron chi connectivity index (χ2n) is 5.89. The molecule has 0 fully saturated rings. The number of rotatable bonds is 7. The average Bonchev–Trinajstić information content (AvgIpc) is 2.69. The minimum atomic E-state index is -4.05. The number of anilines is 2. The lowest BCUT2D eigenvalue weighted by Crippen LogP contribution is -2.17. The van der Waals surface area contributed by atoms with E-state index in [1.165, 1.54) is 43.5 Å². The molecule has 0 saturated heterocycles. The van der Waals surface area contributed by atoms with Gasteiger partial charge in [-0.25, -0.2) is 21.2 Å². The van der Waals surface area contributed by atoms with Crippen LogP contribution in [0.25, 0.3) is 0 Å². The second kappa shape index (κ2) is 8.10. The van der Waals surface area contributed by atoms with Gasteiger partial charge in [-0.1, -0.05) is 12.1 Å². The molecule has 7 nitrogen and oxygen atoms in total. The maximum Gasteiger partial charge on any atom is 0.261 e. The molecule has 0 aromatic heterocycles. The van der Waals surface area contributed by atoms with Crippen LogP contribution in [0.1, 0.15) is 0 Å². The molecule has 0 bridgehead atoms. The van der Waals surface area contributed by atoms with Gasteiger partial charge in [0.1, 0.15) is 11.6 Å². The Morgan fingerprint density at radius 1 is 0.690 bits per heavy atom. The summed E-state index contributed by atoms with van der Waals surface area (Å²) in [6.07, 6.45) is 0. The maximum absolute atomic E-state index is 13.1. The number of para-hydroxylation sites is 2. The van der Waals surface area contributed by atoms with Crippen LogP contribution in [0, 0.1) is 5.82 Å². The molecule has 3 aromatic carbocycles. The van der Waals surface area contributed by atoms with E-state index in [0.29, 0.717) is 5.75 Å². The summed E-state index contributed by atoms with van der Waals surface area (Å²) >= 11 is 0. The number of hydrogen-bond acceptors (Lipinski definition) is 5. The lowest BCUT2D eigenvalue weighted by molar-refractivity contribution is 0.414. The molecule has 3 aromatic rings. The molecule has 152 valence electrons. The van der Waals surface area contributed by atoms with Gasteiger partial charge in [-0.2, -0.15) is 0 Å². The van der Waals surface area contributed by atoms with E-state index >= 15 is 0 Å². The lowest BCUT2D eigenvalue weighted by atomic mass is 10.3. The van der Waals surface area contributed by atoms with Crippen molar-refractivity contribution in [3.8, 4) is 5.75 Å². The van der Waals surface area contributed by atoms with Gasteiger partial charge >= 0.3 is 0 Å². The second-order valence-corrected chi connectivity index (χ2v) is 9.25. The molecule has 0 aliphatic rings. The number of ether oxygens (including phenoxy) is 1. The summed E-state index contributed by atoms with van der Waals surface area (Å²) < 4.78 is 73.2. The summed E-state index contributed by atoms with van der Waals surface area (Å²) in [7, 11) is -6.56. The third kappa shape index (κ3) is 4.84. The first-order valence-electron chi connectivity index (χ1n) is 8.25. The minimum absolute atomic E-state index is 0.0190. The Balaban J connectivity index is 1.89. The van der Waals surface area contributed by atoms with Crippen molar-refractivity contribution < 1.29 is 26.0 Å². The van der Waals surface area contributed by atoms with E-state index in [-0.39, 0.29) is 21.2 Å². The lowest BCUT2D eigenvalue weighted by Gasteiger charge is -2.15. The number of nitrogens with one attached hydrogen (secondary N) is 2. The van der Waals surface area contributed by atoms with Gasteiger partial charge in [0.05, 0.1) is 28.3 Å². The van der Waals surface area contributed by atoms with Gasteiger partial charge in [-0.15, -0.1) is 0 Å². The van der Waals surface area contributed by atoms with Crippen molar-refractivity contribution >= 4 is 31.4 Å². The van der Waals surface area contributed by atoms with Crippen molar-refractivity contribution in [3.05, 3.63) is 78.6 Å². The zero-order valence-corrected chi connectivity index (χ0v) is 16.8. The van der Waals surface area contributed by atoms with E-state index in [2.05, 4.69) is 9.44 Å². The van der Waals surface area contributed by atoms with Crippen molar-refractivity contribution in [2.45, 2.75) is 9.79 Å². The first-order chi connectivity index (χ1) is 13.7. The molecule has 0 spiro atoms. The zero-order valence-electron chi connectivity index (χ0n) is 15.2. The molecule has 2 N–H and O–H groups in total. The molecule has 10 heteroatoms. The standard InChI is InChI=1S/C19H17FN2O5S2/c1-27-15-8-12-17(13-9-15)29(25,26)22-19-5-3-2-4-18(19)21-28(23,24)16-10-6-14(20)7-11-16/h2-13,21-22H,1H3. The summed E-state index contributed by atoms with van der Waals surface area (Å²) in [5.41, 5.74) is 0.0583. The number of halogens is 1. The van der Waals surface area contributed by atoms with Crippen LogP contribution in [0.4, 0.5) is 15.8 Å². The van der Waals surface area contributed by atoms with Crippen molar-refractivity contribution in [2.24, 2.45) is 0 Å². The molecular weight excluding hydrogens is 419 g/mol. The van der Waals surface area contributed by atoms with Crippen LogP contribution in [-0.4, -0.2) is 23.9 Å². The highest BCUT2D eigenvalue weighted by atomic mass is 32.2. The zero-order chi connectivity index (χ0) is 21.1. The monoisotopic (exact) mass is 436 g/mol. The van der Waals surface area contributed by atoms with E-state index in [1.807, 2.05) is 0 Å². The van der Waals surface area contributed by atoms with Gasteiger partial charge in [-0.05, 0) is 60.7 Å². The Morgan fingerprint density at radius 2 is 1.10 bits per heavy atom. The third-order valence-electron chi connectivity index (χ3n) is 3.91. The van der Waals surface area contributed by atoms with E-state index in [9.17, 15) is 21.2 Å². The molecular formula is C19H17FN2O5S2. The van der Waals surface area contributed by atoms with Gasteiger partial charge in [0.25, 0.3) is 20.0 Å². The van der Waals surface area contributed by atoms with Gasteiger partial charge < -0.3 is 4.74 Å². The molecule has 0 heterocycles. The van der Waals surface area contributed by atoms with Gasteiger partial charge in [0, 0.05) is 0 Å². The quantitative estimate of drug-likeness (QED) is 0.591. The first-order valence-corrected chi connectivity index (χ1v) is 11.2. The number of sulfonamides is 2. The van der Waals surface area contributed by atoms with Crippen LogP contribution >= 0.6 is 0 Å². The molecule has 0 aliphatic heterocycles. The van der Waals surface area contributed by atoms with Crippen molar-refractivity contribution in [1.82, 2.24) is 0 Å². The maximum atomic E-state index is 13.1. The van der Waals surface area contributed by atoms with Crippen LogP contribution in [0.2, 0.25) is 0 Å². The fourth-order valence-corrected chi connectivity index (χ4v) is 4.60. The molecule has 3 rings (SSSR count). The highest BCUT2D eigenvalue weighted by Crippen LogP contribution is 2.27. The third-order valence-corrected chi connectivity index (χ3v) is 6.67. The smallest absolute Gasteiger partial charge is 0.261 e. The largest absolute Gasteiger partial charge is 0.497 e. The fourth-order valence-electron chi connectivity index (χ4n) is 2.44. The Hall–Kier alpha value is -3.11. The van der Waals surface area contributed by atoms with Crippen LogP contribution in [-0.2, 0) is 20.0 Å². The van der Waals surface area contributed by atoms with Crippen LogP contribution in [0.15, 0.2) is 82.6 Å². The highest BCUT2D eigenvalue weighted by molar-refractivity contribution is 7.93. The predicted molar refractivity (Wildman–Crippen MR) is 107 cm³/mol. The topological polar surface area (TPSA) is 102 Å².